The molecule has 2 aromatic carbocycles. The van der Waals surface area contributed by atoms with E-state index in [1.165, 1.54) is 36.4 Å². The number of hydrogen-bond acceptors (Lipinski definition) is 4. The van der Waals surface area contributed by atoms with Gasteiger partial charge in [-0.05, 0) is 29.3 Å². The highest BCUT2D eigenvalue weighted by Crippen LogP contribution is 2.38. The smallest absolute Gasteiger partial charge is 0.350 e. The number of rotatable bonds is 4. The lowest BCUT2D eigenvalue weighted by molar-refractivity contribution is -0.355. The predicted molar refractivity (Wildman–Crippen MR) is 91.9 cm³/mol. The SMILES string of the molecule is O=C(NCc1ccc(C2=NOC(O)(C(F)(F)F)C2)cc1)Nc1cccc(F)c1. The molecule has 1 aliphatic heterocycles. The lowest BCUT2D eigenvalue weighted by Gasteiger charge is -2.22. The van der Waals surface area contributed by atoms with Crippen molar-refractivity contribution in [2.75, 3.05) is 5.32 Å². The van der Waals surface area contributed by atoms with Crippen molar-refractivity contribution in [2.45, 2.75) is 24.9 Å². The third-order valence-electron chi connectivity index (χ3n) is 3.98. The number of alkyl halides is 3. The fourth-order valence-electron chi connectivity index (χ4n) is 2.47. The molecule has 1 heterocycles. The Hall–Kier alpha value is -3.14. The van der Waals surface area contributed by atoms with Gasteiger partial charge in [-0.3, -0.25) is 0 Å². The van der Waals surface area contributed by atoms with E-state index in [1.54, 1.807) is 12.1 Å². The number of benzene rings is 2. The summed E-state index contributed by atoms with van der Waals surface area (Å²) in [6.07, 6.45) is -5.78. The van der Waals surface area contributed by atoms with Crippen LogP contribution in [0, 0.1) is 5.82 Å². The van der Waals surface area contributed by atoms with Crippen LogP contribution >= 0.6 is 0 Å². The van der Waals surface area contributed by atoms with Gasteiger partial charge in [0.2, 0.25) is 0 Å². The summed E-state index contributed by atoms with van der Waals surface area (Å²) in [4.78, 5) is 16.0. The molecule has 10 heteroatoms. The first-order valence-corrected chi connectivity index (χ1v) is 8.10. The second-order valence-electron chi connectivity index (χ2n) is 6.10. The Morgan fingerprint density at radius 3 is 2.54 bits per heavy atom. The van der Waals surface area contributed by atoms with Gasteiger partial charge in [0.25, 0.3) is 0 Å². The highest BCUT2D eigenvalue weighted by atomic mass is 19.4. The molecule has 6 nitrogen and oxygen atoms in total. The Labute approximate surface area is 156 Å². The summed E-state index contributed by atoms with van der Waals surface area (Å²) in [5, 5.41) is 17.8. The summed E-state index contributed by atoms with van der Waals surface area (Å²) < 4.78 is 51.3. The molecule has 0 spiro atoms. The van der Waals surface area contributed by atoms with Crippen molar-refractivity contribution in [1.29, 1.82) is 0 Å². The van der Waals surface area contributed by atoms with Gasteiger partial charge in [-0.15, -0.1) is 0 Å². The molecule has 0 saturated heterocycles. The summed E-state index contributed by atoms with van der Waals surface area (Å²) in [5.74, 6) is -3.80. The van der Waals surface area contributed by atoms with Crippen molar-refractivity contribution >= 4 is 17.4 Å². The Morgan fingerprint density at radius 2 is 1.93 bits per heavy atom. The first-order chi connectivity index (χ1) is 13.2. The molecule has 1 aliphatic rings. The fraction of sp³-hybridized carbons (Fsp3) is 0.222. The van der Waals surface area contributed by atoms with Gasteiger partial charge in [0.1, 0.15) is 5.82 Å². The topological polar surface area (TPSA) is 83.0 Å². The number of carbonyl (C=O) groups is 1. The second-order valence-corrected chi connectivity index (χ2v) is 6.10. The zero-order chi connectivity index (χ0) is 20.4. The number of aliphatic hydroxyl groups is 1. The van der Waals surface area contributed by atoms with Crippen molar-refractivity contribution in [2.24, 2.45) is 5.16 Å². The average molecular weight is 397 g/mol. The molecule has 0 aliphatic carbocycles. The quantitative estimate of drug-likeness (QED) is 0.691. The van der Waals surface area contributed by atoms with Crippen LogP contribution in [0.25, 0.3) is 0 Å². The van der Waals surface area contributed by atoms with Gasteiger partial charge in [0.05, 0.1) is 12.1 Å². The van der Waals surface area contributed by atoms with Crippen LogP contribution in [0.1, 0.15) is 17.5 Å². The van der Waals surface area contributed by atoms with E-state index in [9.17, 15) is 27.5 Å². The van der Waals surface area contributed by atoms with Crippen LogP contribution < -0.4 is 10.6 Å². The number of nitrogens with one attached hydrogen (secondary N) is 2. The summed E-state index contributed by atoms with van der Waals surface area (Å²) >= 11 is 0. The molecule has 28 heavy (non-hydrogen) atoms. The molecule has 0 aromatic heterocycles. The number of amides is 2. The molecule has 0 saturated carbocycles. The number of nitrogens with zero attached hydrogens (tertiary/aromatic N) is 1. The first kappa shape index (κ1) is 19.6. The number of carbonyl (C=O) groups excluding carboxylic acids is 1. The molecule has 3 N–H and O–H groups in total. The monoisotopic (exact) mass is 397 g/mol. The highest BCUT2D eigenvalue weighted by molar-refractivity contribution is 6.01. The predicted octanol–water partition coefficient (Wildman–Crippen LogP) is 3.52. The van der Waals surface area contributed by atoms with Crippen LogP contribution in [0.2, 0.25) is 0 Å². The zero-order valence-corrected chi connectivity index (χ0v) is 14.3. The number of urea groups is 1. The number of hydrogen-bond donors (Lipinski definition) is 3. The van der Waals surface area contributed by atoms with Crippen molar-refractivity contribution in [3.63, 3.8) is 0 Å². The van der Waals surface area contributed by atoms with Gasteiger partial charge in [-0.2, -0.15) is 13.2 Å². The molecule has 2 amide bonds. The largest absolute Gasteiger partial charge is 0.458 e. The van der Waals surface area contributed by atoms with E-state index >= 15 is 0 Å². The van der Waals surface area contributed by atoms with Gasteiger partial charge >= 0.3 is 18.0 Å². The number of halogens is 4. The van der Waals surface area contributed by atoms with E-state index < -0.39 is 30.2 Å². The molecule has 0 radical (unpaired) electrons. The molecular formula is C18H15F4N3O3. The lowest BCUT2D eigenvalue weighted by Crippen LogP contribution is -2.45. The maximum Gasteiger partial charge on any atom is 0.458 e. The van der Waals surface area contributed by atoms with E-state index in [0.717, 1.165) is 0 Å². The van der Waals surface area contributed by atoms with Gasteiger partial charge in [0, 0.05) is 12.2 Å². The highest BCUT2D eigenvalue weighted by Gasteiger charge is 2.60. The fourth-order valence-corrected chi connectivity index (χ4v) is 2.47. The van der Waals surface area contributed by atoms with Crippen LogP contribution in [0.4, 0.5) is 28.0 Å². The van der Waals surface area contributed by atoms with Gasteiger partial charge in [-0.25, -0.2) is 9.18 Å². The molecule has 148 valence electrons. The Bertz CT molecular complexity index is 900. The number of anilines is 1. The zero-order valence-electron chi connectivity index (χ0n) is 14.3. The van der Waals surface area contributed by atoms with Crippen LogP contribution in [0.3, 0.4) is 0 Å². The van der Waals surface area contributed by atoms with E-state index in [1.807, 2.05) is 0 Å². The summed E-state index contributed by atoms with van der Waals surface area (Å²) in [6, 6.07) is 11.1. The minimum atomic E-state index is -4.96. The van der Waals surface area contributed by atoms with Crippen molar-refractivity contribution in [3.8, 4) is 0 Å². The summed E-state index contributed by atoms with van der Waals surface area (Å²) in [7, 11) is 0. The minimum Gasteiger partial charge on any atom is -0.350 e. The maximum atomic E-state index is 13.1. The van der Waals surface area contributed by atoms with Crippen LogP contribution in [-0.4, -0.2) is 28.8 Å². The third kappa shape index (κ3) is 4.39. The van der Waals surface area contributed by atoms with Crippen molar-refractivity contribution < 1.29 is 32.3 Å². The van der Waals surface area contributed by atoms with Crippen LogP contribution in [0.15, 0.2) is 53.7 Å². The number of oxime groups is 1. The van der Waals surface area contributed by atoms with Crippen molar-refractivity contribution in [3.05, 3.63) is 65.5 Å². The molecule has 0 bridgehead atoms. The second kappa shape index (κ2) is 7.47. The minimum absolute atomic E-state index is 0.0387. The molecule has 2 aromatic rings. The maximum absolute atomic E-state index is 13.1. The van der Waals surface area contributed by atoms with Crippen LogP contribution in [0.5, 0.6) is 0 Å². The Kier molecular flexibility index (Phi) is 5.23. The molecule has 0 fully saturated rings. The van der Waals surface area contributed by atoms with Gasteiger partial charge < -0.3 is 20.6 Å². The van der Waals surface area contributed by atoms with E-state index in [4.69, 9.17) is 0 Å². The Balaban J connectivity index is 1.54. The molecule has 1 unspecified atom stereocenters. The van der Waals surface area contributed by atoms with Gasteiger partial charge in [-0.1, -0.05) is 35.5 Å². The molecule has 1 atom stereocenters. The lowest BCUT2D eigenvalue weighted by atomic mass is 10.0. The normalized spacial score (nSPS) is 19.0. The molecule has 3 rings (SSSR count). The van der Waals surface area contributed by atoms with E-state index in [2.05, 4.69) is 20.6 Å². The average Bonchev–Trinajstić information content (AvgIpc) is 3.04. The summed E-state index contributed by atoms with van der Waals surface area (Å²) in [6.45, 7) is 0.136. The van der Waals surface area contributed by atoms with E-state index in [0.29, 0.717) is 16.8 Å². The Morgan fingerprint density at radius 1 is 1.21 bits per heavy atom. The first-order valence-electron chi connectivity index (χ1n) is 8.10. The standard InChI is InChI=1S/C18H15F4N3O3/c19-13-2-1-3-14(8-13)24-16(26)23-10-11-4-6-12(7-5-11)15-9-17(27,28-25-15)18(20,21)22/h1-8,27H,9-10H2,(H2,23,24,26). The van der Waals surface area contributed by atoms with Crippen LogP contribution in [-0.2, 0) is 11.4 Å². The van der Waals surface area contributed by atoms with E-state index in [-0.39, 0.29) is 12.3 Å². The third-order valence-corrected chi connectivity index (χ3v) is 3.98. The molecular weight excluding hydrogens is 382 g/mol. The van der Waals surface area contributed by atoms with Crippen molar-refractivity contribution in [1.82, 2.24) is 5.32 Å². The summed E-state index contributed by atoms with van der Waals surface area (Å²) in [5.41, 5.74) is 1.28. The van der Waals surface area contributed by atoms with Gasteiger partial charge in [0.15, 0.2) is 0 Å².